The van der Waals surface area contributed by atoms with E-state index in [-0.39, 0.29) is 10.9 Å². The number of pyridine rings is 1. The number of hydrogen-bond acceptors (Lipinski definition) is 4. The molecule has 1 saturated heterocycles. The summed E-state index contributed by atoms with van der Waals surface area (Å²) < 4.78 is 20.3. The molecule has 0 atom stereocenters. The smallest absolute Gasteiger partial charge is 0.270 e. The zero-order valence-electron chi connectivity index (χ0n) is 18.7. The van der Waals surface area contributed by atoms with E-state index in [2.05, 4.69) is 14.9 Å². The van der Waals surface area contributed by atoms with Crippen LogP contribution in [0, 0.1) is 5.82 Å². The lowest BCUT2D eigenvalue weighted by molar-refractivity contribution is 0.0741. The van der Waals surface area contributed by atoms with Crippen LogP contribution in [0.1, 0.15) is 54.1 Å². The van der Waals surface area contributed by atoms with Crippen LogP contribution in [0.4, 0.5) is 10.2 Å². The molecule has 1 N–H and O–H groups in total. The number of nitrogens with one attached hydrogen (secondary N) is 1. The molecule has 6 nitrogen and oxygen atoms in total. The molecule has 3 heterocycles. The fraction of sp³-hybridized carbons (Fsp3) is 0.440. The number of piperazine rings is 1. The third kappa shape index (κ3) is 4.14. The molecule has 2 aromatic heterocycles. The van der Waals surface area contributed by atoms with Gasteiger partial charge in [0.2, 0.25) is 0 Å². The highest BCUT2D eigenvalue weighted by Crippen LogP contribution is 2.39. The van der Waals surface area contributed by atoms with Gasteiger partial charge in [-0.05, 0) is 48.6 Å². The van der Waals surface area contributed by atoms with Crippen LogP contribution < -0.4 is 9.64 Å². The van der Waals surface area contributed by atoms with E-state index in [0.717, 1.165) is 35.4 Å². The first kappa shape index (κ1) is 22.0. The molecule has 0 radical (unpaired) electrons. The van der Waals surface area contributed by atoms with E-state index in [1.807, 2.05) is 18.2 Å². The normalized spacial score (nSPS) is 17.5. The Bertz CT molecular complexity index is 1170. The number of nitrogens with zero attached hydrogens (tertiary/aromatic N) is 3. The van der Waals surface area contributed by atoms with Crippen molar-refractivity contribution in [2.45, 2.75) is 38.0 Å². The van der Waals surface area contributed by atoms with Gasteiger partial charge in [-0.3, -0.25) is 4.79 Å². The first-order chi connectivity index (χ1) is 16.1. The number of carbonyl (C=O) groups is 1. The summed E-state index contributed by atoms with van der Waals surface area (Å²) in [6, 6.07) is 7.30. The number of hydrogen-bond donors (Lipinski definition) is 1. The van der Waals surface area contributed by atoms with Crippen molar-refractivity contribution in [1.29, 1.82) is 0 Å². The van der Waals surface area contributed by atoms with Gasteiger partial charge >= 0.3 is 0 Å². The van der Waals surface area contributed by atoms with E-state index in [0.29, 0.717) is 43.3 Å². The zero-order chi connectivity index (χ0) is 22.9. The summed E-state index contributed by atoms with van der Waals surface area (Å²) in [5.41, 5.74) is 1.80. The fourth-order valence-electron chi connectivity index (χ4n) is 5.19. The van der Waals surface area contributed by atoms with E-state index in [4.69, 9.17) is 16.3 Å². The molecule has 1 aliphatic heterocycles. The lowest BCUT2D eigenvalue weighted by atomic mass is 9.83. The number of aromatic nitrogens is 2. The van der Waals surface area contributed by atoms with Crippen LogP contribution in [0.2, 0.25) is 5.02 Å². The number of fused-ring (bicyclic) bond motifs is 1. The van der Waals surface area contributed by atoms with Crippen molar-refractivity contribution in [2.24, 2.45) is 0 Å². The zero-order valence-corrected chi connectivity index (χ0v) is 19.5. The Hall–Kier alpha value is -2.80. The Morgan fingerprint density at radius 3 is 2.67 bits per heavy atom. The number of amides is 1. The summed E-state index contributed by atoms with van der Waals surface area (Å²) in [6.07, 6.45) is 7.46. The maximum absolute atomic E-state index is 14.9. The van der Waals surface area contributed by atoms with E-state index >= 15 is 0 Å². The molecule has 174 valence electrons. The third-order valence-electron chi connectivity index (χ3n) is 6.95. The molecule has 0 bridgehead atoms. The molecule has 1 amide bonds. The lowest BCUT2D eigenvalue weighted by Gasteiger charge is -2.35. The van der Waals surface area contributed by atoms with Crippen molar-refractivity contribution < 1.29 is 13.9 Å². The van der Waals surface area contributed by atoms with Gasteiger partial charge in [0.05, 0.1) is 17.6 Å². The first-order valence-corrected chi connectivity index (χ1v) is 12.0. The number of carbonyl (C=O) groups excluding carboxylic acids is 1. The molecule has 0 unspecified atom stereocenters. The minimum Gasteiger partial charge on any atom is -0.493 e. The number of methoxy groups -OCH3 is 1. The highest BCUT2D eigenvalue weighted by Gasteiger charge is 2.27. The number of anilines is 1. The molecule has 2 aliphatic rings. The van der Waals surface area contributed by atoms with Crippen LogP contribution in [0.3, 0.4) is 0 Å². The maximum Gasteiger partial charge on any atom is 0.270 e. The van der Waals surface area contributed by atoms with Gasteiger partial charge in [-0.15, -0.1) is 0 Å². The second-order valence-corrected chi connectivity index (χ2v) is 9.28. The number of rotatable bonds is 4. The summed E-state index contributed by atoms with van der Waals surface area (Å²) in [6.45, 7) is 2.39. The highest BCUT2D eigenvalue weighted by molar-refractivity contribution is 6.31. The second kappa shape index (κ2) is 9.21. The Morgan fingerprint density at radius 2 is 1.94 bits per heavy atom. The van der Waals surface area contributed by atoms with Gasteiger partial charge in [-0.25, -0.2) is 9.37 Å². The molecule has 1 aromatic carbocycles. The SMILES string of the molecule is COc1cccnc1N1CCN(C(=O)c2cc3c(C4CCCCC4)cc(Cl)c(F)c3[nH]2)CC1. The van der Waals surface area contributed by atoms with E-state index < -0.39 is 5.82 Å². The Kier molecular flexibility index (Phi) is 6.15. The van der Waals surface area contributed by atoms with Gasteiger partial charge in [0.15, 0.2) is 17.4 Å². The highest BCUT2D eigenvalue weighted by atomic mass is 35.5. The van der Waals surface area contributed by atoms with Crippen molar-refractivity contribution in [3.8, 4) is 5.75 Å². The molecule has 33 heavy (non-hydrogen) atoms. The quantitative estimate of drug-likeness (QED) is 0.556. The fourth-order valence-corrected chi connectivity index (χ4v) is 5.40. The number of benzene rings is 1. The maximum atomic E-state index is 14.9. The van der Waals surface area contributed by atoms with Crippen LogP contribution in [0.5, 0.6) is 5.75 Å². The van der Waals surface area contributed by atoms with E-state index in [1.54, 1.807) is 24.3 Å². The predicted molar refractivity (Wildman–Crippen MR) is 128 cm³/mol. The standard InChI is InChI=1S/C25H28ClFN4O2/c1-33-21-8-5-9-28-24(21)30-10-12-31(13-11-30)25(32)20-15-18-17(16-6-3-2-4-7-16)14-19(26)22(27)23(18)29-20/h5,8-9,14-16,29H,2-4,6-7,10-13H2,1H3. The summed E-state index contributed by atoms with van der Waals surface area (Å²) in [5.74, 6) is 1.25. The van der Waals surface area contributed by atoms with Gasteiger partial charge in [0, 0.05) is 37.8 Å². The Balaban J connectivity index is 1.37. The van der Waals surface area contributed by atoms with Crippen molar-refractivity contribution in [3.63, 3.8) is 0 Å². The molecular formula is C25H28ClFN4O2. The number of aromatic amines is 1. The molecule has 1 aliphatic carbocycles. The third-order valence-corrected chi connectivity index (χ3v) is 7.23. The van der Waals surface area contributed by atoms with Gasteiger partial charge in [0.25, 0.3) is 5.91 Å². The largest absolute Gasteiger partial charge is 0.493 e. The molecular weight excluding hydrogens is 443 g/mol. The van der Waals surface area contributed by atoms with Gasteiger partial charge in [0.1, 0.15) is 5.69 Å². The lowest BCUT2D eigenvalue weighted by Crippen LogP contribution is -2.49. The first-order valence-electron chi connectivity index (χ1n) is 11.6. The number of halogens is 2. The van der Waals surface area contributed by atoms with Gasteiger partial charge in [-0.2, -0.15) is 0 Å². The summed E-state index contributed by atoms with van der Waals surface area (Å²) in [7, 11) is 1.63. The molecule has 2 fully saturated rings. The summed E-state index contributed by atoms with van der Waals surface area (Å²) in [5, 5.41) is 0.894. The average Bonchev–Trinajstić information content (AvgIpc) is 3.32. The van der Waals surface area contributed by atoms with Crippen molar-refractivity contribution in [3.05, 3.63) is 52.6 Å². The van der Waals surface area contributed by atoms with Gasteiger partial charge in [-0.1, -0.05) is 30.9 Å². The van der Waals surface area contributed by atoms with Crippen molar-refractivity contribution in [1.82, 2.24) is 14.9 Å². The van der Waals surface area contributed by atoms with Gasteiger partial charge < -0.3 is 19.5 Å². The second-order valence-electron chi connectivity index (χ2n) is 8.88. The van der Waals surface area contributed by atoms with E-state index in [9.17, 15) is 9.18 Å². The Morgan fingerprint density at radius 1 is 1.18 bits per heavy atom. The van der Waals surface area contributed by atoms with E-state index in [1.165, 1.54) is 19.3 Å². The number of ether oxygens (including phenoxy) is 1. The van der Waals surface area contributed by atoms with Crippen molar-refractivity contribution in [2.75, 3.05) is 38.2 Å². The summed E-state index contributed by atoms with van der Waals surface area (Å²) in [4.78, 5) is 24.7. The van der Waals surface area contributed by atoms with Crippen LogP contribution in [-0.4, -0.2) is 54.1 Å². The van der Waals surface area contributed by atoms with Crippen LogP contribution in [0.25, 0.3) is 10.9 Å². The van der Waals surface area contributed by atoms with Crippen molar-refractivity contribution >= 4 is 34.2 Å². The molecule has 5 rings (SSSR count). The number of H-pyrrole nitrogens is 1. The molecule has 1 saturated carbocycles. The van der Waals surface area contributed by atoms with Crippen LogP contribution in [0.15, 0.2) is 30.5 Å². The minimum atomic E-state index is -0.489. The monoisotopic (exact) mass is 470 g/mol. The molecule has 0 spiro atoms. The summed E-state index contributed by atoms with van der Waals surface area (Å²) >= 11 is 6.24. The predicted octanol–water partition coefficient (Wildman–Crippen LogP) is 5.37. The topological polar surface area (TPSA) is 61.5 Å². The molecule has 8 heteroatoms. The van der Waals surface area contributed by atoms with Crippen LogP contribution in [-0.2, 0) is 0 Å². The minimum absolute atomic E-state index is 0.113. The van der Waals surface area contributed by atoms with Crippen LogP contribution >= 0.6 is 11.6 Å². The Labute approximate surface area is 197 Å². The average molecular weight is 471 g/mol. The molecule has 3 aromatic rings.